The minimum absolute atomic E-state index is 0.120. The summed E-state index contributed by atoms with van der Waals surface area (Å²) >= 11 is 0. The number of phenolic OH excluding ortho intramolecular Hbond substituents is 1. The van der Waals surface area contributed by atoms with Gasteiger partial charge in [0.2, 0.25) is 0 Å². The fraction of sp³-hybridized carbons (Fsp3) is 0.100. The first-order valence-corrected chi connectivity index (χ1v) is 7.86. The van der Waals surface area contributed by atoms with Crippen LogP contribution in [0.2, 0.25) is 0 Å². The average Bonchev–Trinajstić information content (AvgIpc) is 2.65. The first kappa shape index (κ1) is 16.5. The van der Waals surface area contributed by atoms with Crippen LogP contribution in [0.1, 0.15) is 12.5 Å². The smallest absolute Gasteiger partial charge is 0.277 e. The van der Waals surface area contributed by atoms with Crippen molar-refractivity contribution in [3.8, 4) is 11.5 Å². The van der Waals surface area contributed by atoms with Crippen LogP contribution >= 0.6 is 0 Å². The van der Waals surface area contributed by atoms with Gasteiger partial charge < -0.3 is 9.84 Å². The first-order chi connectivity index (χ1) is 12.1. The van der Waals surface area contributed by atoms with Crippen LogP contribution in [-0.2, 0) is 4.79 Å². The average molecular weight is 334 g/mol. The molecule has 3 aromatic carbocycles. The molecule has 0 fully saturated rings. The van der Waals surface area contributed by atoms with E-state index in [1.807, 2.05) is 42.5 Å². The number of benzene rings is 3. The number of hydrazone groups is 1. The molecule has 0 bridgehead atoms. The van der Waals surface area contributed by atoms with Crippen molar-refractivity contribution in [2.24, 2.45) is 5.10 Å². The highest BCUT2D eigenvalue weighted by atomic mass is 16.5. The zero-order valence-corrected chi connectivity index (χ0v) is 13.8. The van der Waals surface area contributed by atoms with Gasteiger partial charge in [-0.25, -0.2) is 5.43 Å². The molecule has 1 amide bonds. The number of aromatic hydroxyl groups is 1. The summed E-state index contributed by atoms with van der Waals surface area (Å²) in [6.07, 6.45) is 0. The van der Waals surface area contributed by atoms with Crippen LogP contribution in [0.4, 0.5) is 0 Å². The van der Waals surface area contributed by atoms with Crippen LogP contribution in [0, 0.1) is 0 Å². The van der Waals surface area contributed by atoms with E-state index in [0.29, 0.717) is 11.5 Å². The highest BCUT2D eigenvalue weighted by molar-refractivity contribution is 5.99. The van der Waals surface area contributed by atoms with E-state index in [-0.39, 0.29) is 18.3 Å². The van der Waals surface area contributed by atoms with Gasteiger partial charge in [0, 0.05) is 0 Å². The molecule has 0 spiro atoms. The van der Waals surface area contributed by atoms with E-state index in [0.717, 1.165) is 16.3 Å². The van der Waals surface area contributed by atoms with Crippen molar-refractivity contribution < 1.29 is 14.6 Å². The van der Waals surface area contributed by atoms with Crippen LogP contribution < -0.4 is 10.2 Å². The molecule has 3 aromatic rings. The maximum Gasteiger partial charge on any atom is 0.277 e. The lowest BCUT2D eigenvalue weighted by Crippen LogP contribution is -2.25. The fourth-order valence-electron chi connectivity index (χ4n) is 2.35. The molecule has 0 radical (unpaired) electrons. The number of nitrogens with one attached hydrogen (secondary N) is 1. The number of ether oxygens (including phenoxy) is 1. The second-order valence-corrected chi connectivity index (χ2v) is 5.58. The molecule has 25 heavy (non-hydrogen) atoms. The summed E-state index contributed by atoms with van der Waals surface area (Å²) in [5.74, 6) is 0.476. The minimum atomic E-state index is -0.341. The SMILES string of the molecule is C/C(=N/NC(=O)COc1ccc2ccccc2c1)c1ccc(O)cc1. The van der Waals surface area contributed by atoms with Crippen LogP contribution in [0.5, 0.6) is 11.5 Å². The van der Waals surface area contributed by atoms with Crippen LogP contribution in [0.15, 0.2) is 71.8 Å². The number of nitrogens with zero attached hydrogens (tertiary/aromatic N) is 1. The highest BCUT2D eigenvalue weighted by Gasteiger charge is 2.04. The van der Waals surface area contributed by atoms with Crippen molar-refractivity contribution in [3.63, 3.8) is 0 Å². The van der Waals surface area contributed by atoms with E-state index >= 15 is 0 Å². The van der Waals surface area contributed by atoms with E-state index in [2.05, 4.69) is 10.5 Å². The van der Waals surface area contributed by atoms with Gasteiger partial charge in [-0.1, -0.05) is 30.3 Å². The first-order valence-electron chi connectivity index (χ1n) is 7.86. The third kappa shape index (κ3) is 4.35. The Kier molecular flexibility index (Phi) is 4.95. The Hall–Kier alpha value is -3.34. The Labute approximate surface area is 145 Å². The lowest BCUT2D eigenvalue weighted by molar-refractivity contribution is -0.123. The molecule has 5 nitrogen and oxygen atoms in total. The predicted molar refractivity (Wildman–Crippen MR) is 97.9 cm³/mol. The Bertz CT molecular complexity index is 918. The molecular weight excluding hydrogens is 316 g/mol. The summed E-state index contributed by atoms with van der Waals surface area (Å²) in [7, 11) is 0. The number of rotatable bonds is 5. The number of carbonyl (C=O) groups excluding carboxylic acids is 1. The molecule has 5 heteroatoms. The topological polar surface area (TPSA) is 70.9 Å². The number of fused-ring (bicyclic) bond motifs is 1. The molecule has 0 saturated carbocycles. The Balaban J connectivity index is 1.56. The number of carbonyl (C=O) groups is 1. The molecule has 0 aliphatic carbocycles. The Morgan fingerprint density at radius 2 is 1.76 bits per heavy atom. The minimum Gasteiger partial charge on any atom is -0.508 e. The highest BCUT2D eigenvalue weighted by Crippen LogP contribution is 2.20. The molecule has 3 rings (SSSR count). The number of hydrogen-bond donors (Lipinski definition) is 2. The summed E-state index contributed by atoms with van der Waals surface area (Å²) in [6, 6.07) is 20.2. The maximum absolute atomic E-state index is 11.9. The third-order valence-electron chi connectivity index (χ3n) is 3.72. The van der Waals surface area contributed by atoms with Crippen molar-refractivity contribution in [1.29, 1.82) is 0 Å². The largest absolute Gasteiger partial charge is 0.508 e. The van der Waals surface area contributed by atoms with Gasteiger partial charge in [0.25, 0.3) is 5.91 Å². The van der Waals surface area contributed by atoms with E-state index in [9.17, 15) is 9.90 Å². The van der Waals surface area contributed by atoms with E-state index in [4.69, 9.17) is 4.74 Å². The monoisotopic (exact) mass is 334 g/mol. The molecule has 0 aliphatic rings. The van der Waals surface area contributed by atoms with E-state index in [1.165, 1.54) is 0 Å². The molecule has 2 N–H and O–H groups in total. The maximum atomic E-state index is 11.9. The molecule has 0 aliphatic heterocycles. The molecule has 126 valence electrons. The Morgan fingerprint density at radius 3 is 2.52 bits per heavy atom. The molecule has 0 atom stereocenters. The lowest BCUT2D eigenvalue weighted by Gasteiger charge is -2.07. The summed E-state index contributed by atoms with van der Waals surface area (Å²) in [6.45, 7) is 1.65. The summed E-state index contributed by atoms with van der Waals surface area (Å²) < 4.78 is 5.52. The van der Waals surface area contributed by atoms with Gasteiger partial charge in [0.1, 0.15) is 11.5 Å². The van der Waals surface area contributed by atoms with Gasteiger partial charge in [0.05, 0.1) is 5.71 Å². The predicted octanol–water partition coefficient (Wildman–Crippen LogP) is 3.46. The second-order valence-electron chi connectivity index (χ2n) is 5.58. The Morgan fingerprint density at radius 1 is 1.04 bits per heavy atom. The van der Waals surface area contributed by atoms with Crippen molar-refractivity contribution >= 4 is 22.4 Å². The van der Waals surface area contributed by atoms with Crippen molar-refractivity contribution in [2.75, 3.05) is 6.61 Å². The summed E-state index contributed by atoms with van der Waals surface area (Å²) in [5.41, 5.74) is 3.92. The third-order valence-corrected chi connectivity index (χ3v) is 3.72. The number of hydrogen-bond acceptors (Lipinski definition) is 4. The lowest BCUT2D eigenvalue weighted by atomic mass is 10.1. The van der Waals surface area contributed by atoms with Gasteiger partial charge >= 0.3 is 0 Å². The van der Waals surface area contributed by atoms with Crippen molar-refractivity contribution in [1.82, 2.24) is 5.43 Å². The normalized spacial score (nSPS) is 11.3. The zero-order chi connectivity index (χ0) is 17.6. The van der Waals surface area contributed by atoms with Gasteiger partial charge in [-0.3, -0.25) is 4.79 Å². The number of phenols is 1. The van der Waals surface area contributed by atoms with Crippen molar-refractivity contribution in [2.45, 2.75) is 6.92 Å². The standard InChI is InChI=1S/C20H18N2O3/c1-14(15-6-9-18(23)10-7-15)21-22-20(24)13-25-19-11-8-16-4-2-3-5-17(16)12-19/h2-12,23H,13H2,1H3,(H,22,24)/b21-14-. The van der Waals surface area contributed by atoms with Gasteiger partial charge in [0.15, 0.2) is 6.61 Å². The quantitative estimate of drug-likeness (QED) is 0.554. The van der Waals surface area contributed by atoms with Crippen LogP contribution in [-0.4, -0.2) is 23.3 Å². The van der Waals surface area contributed by atoms with Crippen molar-refractivity contribution in [3.05, 3.63) is 72.3 Å². The molecule has 0 unspecified atom stereocenters. The second kappa shape index (κ2) is 7.49. The van der Waals surface area contributed by atoms with E-state index in [1.54, 1.807) is 31.2 Å². The summed E-state index contributed by atoms with van der Waals surface area (Å²) in [4.78, 5) is 11.9. The number of amides is 1. The van der Waals surface area contributed by atoms with Crippen LogP contribution in [0.3, 0.4) is 0 Å². The fourth-order valence-corrected chi connectivity index (χ4v) is 2.35. The molecule has 0 heterocycles. The molecule has 0 saturated heterocycles. The van der Waals surface area contributed by atoms with Gasteiger partial charge in [-0.2, -0.15) is 5.10 Å². The molecular formula is C20H18N2O3. The van der Waals surface area contributed by atoms with Crippen LogP contribution in [0.25, 0.3) is 10.8 Å². The van der Waals surface area contributed by atoms with E-state index < -0.39 is 0 Å². The molecule has 0 aromatic heterocycles. The van der Waals surface area contributed by atoms with Gasteiger partial charge in [-0.15, -0.1) is 0 Å². The zero-order valence-electron chi connectivity index (χ0n) is 13.8. The van der Waals surface area contributed by atoms with Gasteiger partial charge in [-0.05, 0) is 59.7 Å². The summed E-state index contributed by atoms with van der Waals surface area (Å²) in [5, 5.41) is 15.5.